The monoisotopic (exact) mass is 410 g/mol. The molecular weight excluding hydrogens is 399 g/mol. The fourth-order valence-corrected chi connectivity index (χ4v) is 3.23. The molecule has 0 bridgehead atoms. The largest absolute Gasteiger partial charge is 0.338 e. The summed E-state index contributed by atoms with van der Waals surface area (Å²) in [6.07, 6.45) is 0. The van der Waals surface area contributed by atoms with Crippen LogP contribution in [0, 0.1) is 10.1 Å². The molecule has 6 nitrogen and oxygen atoms in total. The number of nitro groups is 1. The van der Waals surface area contributed by atoms with Crippen LogP contribution in [0.25, 0.3) is 22.3 Å². The third-order valence-corrected chi connectivity index (χ3v) is 4.65. The SMILES string of the molecule is O=[N+]([O-])c1cccc(-c2nc(Nc3ccc(Cl)cc3Cl)c3ccccc3n2)c1. The van der Waals surface area contributed by atoms with Crippen LogP contribution >= 0.6 is 23.2 Å². The summed E-state index contributed by atoms with van der Waals surface area (Å²) in [5.74, 6) is 0.909. The maximum Gasteiger partial charge on any atom is 0.270 e. The minimum Gasteiger partial charge on any atom is -0.338 e. The molecule has 0 spiro atoms. The van der Waals surface area contributed by atoms with Gasteiger partial charge in [0.05, 0.1) is 21.2 Å². The van der Waals surface area contributed by atoms with E-state index in [1.165, 1.54) is 12.1 Å². The smallest absolute Gasteiger partial charge is 0.270 e. The maximum absolute atomic E-state index is 11.1. The number of hydrogen-bond acceptors (Lipinski definition) is 5. The molecule has 1 N–H and O–H groups in total. The Bertz CT molecular complexity index is 1210. The lowest BCUT2D eigenvalue weighted by molar-refractivity contribution is -0.384. The molecule has 0 saturated heterocycles. The summed E-state index contributed by atoms with van der Waals surface area (Å²) in [4.78, 5) is 19.8. The zero-order valence-corrected chi connectivity index (χ0v) is 15.8. The van der Waals surface area contributed by atoms with Gasteiger partial charge in [-0.1, -0.05) is 47.5 Å². The summed E-state index contributed by atoms with van der Waals surface area (Å²) in [5.41, 5.74) is 1.86. The molecule has 0 saturated carbocycles. The first-order valence-electron chi connectivity index (χ1n) is 8.25. The third kappa shape index (κ3) is 3.60. The Balaban J connectivity index is 1.86. The summed E-state index contributed by atoms with van der Waals surface area (Å²) in [5, 5.41) is 16.1. The molecule has 0 aliphatic heterocycles. The highest BCUT2D eigenvalue weighted by molar-refractivity contribution is 6.36. The number of non-ortho nitro benzene ring substituents is 1. The number of nitro benzene ring substituents is 1. The summed E-state index contributed by atoms with van der Waals surface area (Å²) >= 11 is 12.2. The van der Waals surface area contributed by atoms with Gasteiger partial charge in [-0.3, -0.25) is 10.1 Å². The van der Waals surface area contributed by atoms with Gasteiger partial charge in [0.25, 0.3) is 5.69 Å². The average Bonchev–Trinajstić information content (AvgIpc) is 2.70. The zero-order chi connectivity index (χ0) is 19.7. The van der Waals surface area contributed by atoms with E-state index in [0.29, 0.717) is 38.5 Å². The highest BCUT2D eigenvalue weighted by atomic mass is 35.5. The molecule has 0 amide bonds. The number of nitrogens with zero attached hydrogens (tertiary/aromatic N) is 3. The Kier molecular flexibility index (Phi) is 4.81. The maximum atomic E-state index is 11.1. The molecule has 0 atom stereocenters. The van der Waals surface area contributed by atoms with Gasteiger partial charge in [0.1, 0.15) is 5.82 Å². The standard InChI is InChI=1S/C20H12Cl2N4O2/c21-13-8-9-18(16(22)11-13)24-20-15-6-1-2-7-17(15)23-19(25-20)12-4-3-5-14(10-12)26(27)28/h1-11H,(H,23,24,25). The molecule has 1 aromatic heterocycles. The van der Waals surface area contributed by atoms with Crippen LogP contribution in [0.2, 0.25) is 10.0 Å². The van der Waals surface area contributed by atoms with Crippen LogP contribution in [0.5, 0.6) is 0 Å². The van der Waals surface area contributed by atoms with E-state index >= 15 is 0 Å². The number of para-hydroxylation sites is 1. The van der Waals surface area contributed by atoms with Crippen molar-refractivity contribution in [2.24, 2.45) is 0 Å². The summed E-state index contributed by atoms with van der Waals surface area (Å²) in [6.45, 7) is 0. The number of aromatic nitrogens is 2. The number of nitrogens with one attached hydrogen (secondary N) is 1. The fourth-order valence-electron chi connectivity index (χ4n) is 2.78. The molecule has 28 heavy (non-hydrogen) atoms. The Hall–Kier alpha value is -3.22. The van der Waals surface area contributed by atoms with Crippen LogP contribution in [0.1, 0.15) is 0 Å². The van der Waals surface area contributed by atoms with Gasteiger partial charge in [-0.15, -0.1) is 0 Å². The van der Waals surface area contributed by atoms with Crippen LogP contribution < -0.4 is 5.32 Å². The van der Waals surface area contributed by atoms with Gasteiger partial charge in [0.2, 0.25) is 0 Å². The molecule has 8 heteroatoms. The van der Waals surface area contributed by atoms with Gasteiger partial charge in [-0.25, -0.2) is 9.97 Å². The lowest BCUT2D eigenvalue weighted by atomic mass is 10.1. The quantitative estimate of drug-likeness (QED) is 0.317. The van der Waals surface area contributed by atoms with Crippen LogP contribution in [0.4, 0.5) is 17.2 Å². The fraction of sp³-hybridized carbons (Fsp3) is 0. The van der Waals surface area contributed by atoms with E-state index in [2.05, 4.69) is 15.3 Å². The van der Waals surface area contributed by atoms with Gasteiger partial charge in [0.15, 0.2) is 5.82 Å². The Labute approximate surface area is 169 Å². The Morgan fingerprint density at radius 1 is 0.929 bits per heavy atom. The molecule has 138 valence electrons. The average molecular weight is 411 g/mol. The van der Waals surface area contributed by atoms with Gasteiger partial charge < -0.3 is 5.32 Å². The van der Waals surface area contributed by atoms with E-state index in [-0.39, 0.29) is 5.69 Å². The minimum absolute atomic E-state index is 0.0236. The number of benzene rings is 3. The van der Waals surface area contributed by atoms with Crippen molar-refractivity contribution in [1.29, 1.82) is 0 Å². The second-order valence-corrected chi connectivity index (χ2v) is 6.81. The number of fused-ring (bicyclic) bond motifs is 1. The molecule has 4 aromatic rings. The van der Waals surface area contributed by atoms with Crippen LogP contribution in [0.3, 0.4) is 0 Å². The molecule has 0 unspecified atom stereocenters. The van der Waals surface area contributed by atoms with E-state index in [1.807, 2.05) is 24.3 Å². The van der Waals surface area contributed by atoms with Crippen molar-refractivity contribution in [3.63, 3.8) is 0 Å². The molecule has 0 aliphatic rings. The first kappa shape index (κ1) is 18.2. The van der Waals surface area contributed by atoms with Crippen molar-refractivity contribution < 1.29 is 4.92 Å². The molecule has 0 aliphatic carbocycles. The zero-order valence-electron chi connectivity index (χ0n) is 14.3. The third-order valence-electron chi connectivity index (χ3n) is 4.10. The van der Waals surface area contributed by atoms with Crippen molar-refractivity contribution >= 4 is 51.3 Å². The number of rotatable bonds is 4. The molecule has 1 heterocycles. The van der Waals surface area contributed by atoms with Crippen LogP contribution in [0.15, 0.2) is 66.7 Å². The molecule has 0 fully saturated rings. The second kappa shape index (κ2) is 7.42. The van der Waals surface area contributed by atoms with Gasteiger partial charge in [-0.05, 0) is 30.3 Å². The number of hydrogen-bond donors (Lipinski definition) is 1. The van der Waals surface area contributed by atoms with E-state index < -0.39 is 4.92 Å². The van der Waals surface area contributed by atoms with Gasteiger partial charge >= 0.3 is 0 Å². The highest BCUT2D eigenvalue weighted by Gasteiger charge is 2.13. The number of halogens is 2. The molecule has 4 rings (SSSR count). The van der Waals surface area contributed by atoms with Crippen molar-refractivity contribution in [2.75, 3.05) is 5.32 Å². The molecule has 3 aromatic carbocycles. The van der Waals surface area contributed by atoms with Gasteiger partial charge in [-0.2, -0.15) is 0 Å². The first-order valence-corrected chi connectivity index (χ1v) is 9.00. The summed E-state index contributed by atoms with van der Waals surface area (Å²) in [6, 6.07) is 18.8. The van der Waals surface area contributed by atoms with E-state index in [9.17, 15) is 10.1 Å². The van der Waals surface area contributed by atoms with Crippen molar-refractivity contribution in [3.05, 3.63) is 86.9 Å². The summed E-state index contributed by atoms with van der Waals surface area (Å²) < 4.78 is 0. The Morgan fingerprint density at radius 2 is 1.75 bits per heavy atom. The lowest BCUT2D eigenvalue weighted by Crippen LogP contribution is -2.00. The molecular formula is C20H12Cl2N4O2. The van der Waals surface area contributed by atoms with Crippen molar-refractivity contribution in [3.8, 4) is 11.4 Å². The second-order valence-electron chi connectivity index (χ2n) is 5.97. The van der Waals surface area contributed by atoms with Crippen molar-refractivity contribution in [1.82, 2.24) is 9.97 Å². The van der Waals surface area contributed by atoms with Crippen LogP contribution in [-0.4, -0.2) is 14.9 Å². The summed E-state index contributed by atoms with van der Waals surface area (Å²) in [7, 11) is 0. The van der Waals surface area contributed by atoms with Crippen LogP contribution in [-0.2, 0) is 0 Å². The van der Waals surface area contributed by atoms with E-state index in [0.717, 1.165) is 5.39 Å². The highest BCUT2D eigenvalue weighted by Crippen LogP contribution is 2.32. The van der Waals surface area contributed by atoms with E-state index in [1.54, 1.807) is 30.3 Å². The lowest BCUT2D eigenvalue weighted by Gasteiger charge is -2.12. The van der Waals surface area contributed by atoms with Crippen molar-refractivity contribution in [2.45, 2.75) is 0 Å². The number of anilines is 2. The Morgan fingerprint density at radius 3 is 2.54 bits per heavy atom. The molecule has 0 radical (unpaired) electrons. The van der Waals surface area contributed by atoms with E-state index in [4.69, 9.17) is 23.2 Å². The topological polar surface area (TPSA) is 81.0 Å². The minimum atomic E-state index is -0.447. The first-order chi connectivity index (χ1) is 13.5. The predicted molar refractivity (Wildman–Crippen MR) is 111 cm³/mol. The van der Waals surface area contributed by atoms with Gasteiger partial charge in [0, 0.05) is 28.1 Å². The normalized spacial score (nSPS) is 10.8. The predicted octanol–water partition coefficient (Wildman–Crippen LogP) is 6.26.